The van der Waals surface area contributed by atoms with Gasteiger partial charge in [0.2, 0.25) is 0 Å². The van der Waals surface area contributed by atoms with E-state index in [0.717, 1.165) is 13.8 Å². The van der Waals surface area contributed by atoms with Crippen LogP contribution < -0.4 is 10.6 Å². The molecule has 0 unspecified atom stereocenters. The molecule has 176 valence electrons. The molecule has 1 aliphatic heterocycles. The van der Waals surface area contributed by atoms with E-state index in [4.69, 9.17) is 28.4 Å². The maximum atomic E-state index is 12.3. The van der Waals surface area contributed by atoms with Gasteiger partial charge in [0.1, 0.15) is 25.3 Å². The molecule has 31 heavy (non-hydrogen) atoms. The first kappa shape index (κ1) is 26.1. The third kappa shape index (κ3) is 8.76. The predicted octanol–water partition coefficient (Wildman–Crippen LogP) is -0.985. The van der Waals surface area contributed by atoms with Gasteiger partial charge in [-0.2, -0.15) is 0 Å². The lowest BCUT2D eigenvalue weighted by Gasteiger charge is -2.44. The number of hydrogen-bond donors (Lipinski definition) is 2. The molecular weight excluding hydrogens is 420 g/mol. The molecule has 5 atom stereocenters. The van der Waals surface area contributed by atoms with Crippen molar-refractivity contribution in [3.63, 3.8) is 0 Å². The van der Waals surface area contributed by atoms with Crippen LogP contribution in [0.3, 0.4) is 0 Å². The first-order valence-electron chi connectivity index (χ1n) is 9.45. The lowest BCUT2D eigenvalue weighted by Crippen LogP contribution is -2.67. The van der Waals surface area contributed by atoms with Gasteiger partial charge in [0.05, 0.1) is 6.61 Å². The fourth-order valence-electron chi connectivity index (χ4n) is 2.82. The van der Waals surface area contributed by atoms with Crippen LogP contribution in [-0.4, -0.2) is 87.4 Å². The minimum atomic E-state index is -1.26. The summed E-state index contributed by atoms with van der Waals surface area (Å²) in [5.74, 6) is -2.72. The monoisotopic (exact) mass is 448 g/mol. The lowest BCUT2D eigenvalue weighted by molar-refractivity contribution is -0.270. The van der Waals surface area contributed by atoms with Crippen molar-refractivity contribution >= 4 is 29.9 Å². The number of hydrogen-bond acceptors (Lipinski definition) is 11. The van der Waals surface area contributed by atoms with Crippen molar-refractivity contribution in [1.29, 1.82) is 0 Å². The van der Waals surface area contributed by atoms with Gasteiger partial charge < -0.3 is 39.1 Å². The number of ether oxygens (including phenoxy) is 6. The van der Waals surface area contributed by atoms with Crippen molar-refractivity contribution in [2.24, 2.45) is 0 Å². The third-order valence-electron chi connectivity index (χ3n) is 3.93. The summed E-state index contributed by atoms with van der Waals surface area (Å²) in [5, 5.41) is 4.76. The molecule has 2 amide bonds. The largest absolute Gasteiger partial charge is 0.465 e. The molecule has 0 saturated carbocycles. The van der Waals surface area contributed by atoms with Crippen LogP contribution in [0.4, 0.5) is 4.79 Å². The van der Waals surface area contributed by atoms with Gasteiger partial charge in [0.15, 0.2) is 18.5 Å². The summed E-state index contributed by atoms with van der Waals surface area (Å²) in [6, 6.07) is -1.96. The molecule has 2 N–H and O–H groups in total. The Balaban J connectivity index is 3.09. The van der Waals surface area contributed by atoms with Gasteiger partial charge >= 0.3 is 29.9 Å². The van der Waals surface area contributed by atoms with Crippen LogP contribution in [0.2, 0.25) is 0 Å². The second kappa shape index (κ2) is 12.7. The topological polar surface area (TPSA) is 165 Å². The Morgan fingerprint density at radius 2 is 1.52 bits per heavy atom. The maximum Gasteiger partial charge on any atom is 0.325 e. The Labute approximate surface area is 179 Å². The van der Waals surface area contributed by atoms with Crippen LogP contribution in [-0.2, 0) is 47.6 Å². The van der Waals surface area contributed by atoms with E-state index < -0.39 is 67.1 Å². The number of esters is 4. The van der Waals surface area contributed by atoms with Gasteiger partial charge in [-0.3, -0.25) is 19.2 Å². The minimum absolute atomic E-state index is 0.145. The Hall–Kier alpha value is -2.93. The number of methoxy groups -OCH3 is 1. The smallest absolute Gasteiger partial charge is 0.325 e. The average molecular weight is 448 g/mol. The van der Waals surface area contributed by atoms with Crippen LogP contribution in [0.1, 0.15) is 27.7 Å². The Kier molecular flexibility index (Phi) is 10.7. The highest BCUT2D eigenvalue weighted by Crippen LogP contribution is 2.27. The van der Waals surface area contributed by atoms with Crippen molar-refractivity contribution < 1.29 is 52.4 Å². The van der Waals surface area contributed by atoms with Gasteiger partial charge in [-0.1, -0.05) is 0 Å². The van der Waals surface area contributed by atoms with Crippen LogP contribution in [0.15, 0.2) is 0 Å². The molecule has 0 bridgehead atoms. The van der Waals surface area contributed by atoms with E-state index in [1.54, 1.807) is 6.92 Å². The molecule has 0 aliphatic carbocycles. The van der Waals surface area contributed by atoms with Crippen molar-refractivity contribution in [3.05, 3.63) is 0 Å². The quantitative estimate of drug-likeness (QED) is 0.329. The van der Waals surface area contributed by atoms with Gasteiger partial charge in [0.25, 0.3) is 0 Å². The summed E-state index contributed by atoms with van der Waals surface area (Å²) in [5.41, 5.74) is 0. The zero-order chi connectivity index (χ0) is 23.6. The van der Waals surface area contributed by atoms with E-state index in [9.17, 15) is 24.0 Å². The van der Waals surface area contributed by atoms with Crippen molar-refractivity contribution in [2.45, 2.75) is 58.3 Å². The molecule has 1 heterocycles. The number of carbonyl (C=O) groups excluding carboxylic acids is 5. The van der Waals surface area contributed by atoms with Crippen molar-refractivity contribution in [1.82, 2.24) is 10.6 Å². The third-order valence-corrected chi connectivity index (χ3v) is 3.93. The fourth-order valence-corrected chi connectivity index (χ4v) is 2.82. The zero-order valence-electron chi connectivity index (χ0n) is 18.0. The van der Waals surface area contributed by atoms with Crippen molar-refractivity contribution in [3.8, 4) is 0 Å². The summed E-state index contributed by atoms with van der Waals surface area (Å²) in [4.78, 5) is 58.3. The SMILES string of the molecule is CCOC(=O)CNC(=O)N[C@H]1[C@H](OC)O[C@H](COC(C)=O)[C@@H](OC(C)=O)[C@@H]1OC(C)=O. The normalized spacial score (nSPS) is 25.0. The van der Waals surface area contributed by atoms with Gasteiger partial charge in [-0.25, -0.2) is 4.79 Å². The van der Waals surface area contributed by atoms with Gasteiger partial charge in [-0.05, 0) is 6.92 Å². The highest BCUT2D eigenvalue weighted by atomic mass is 16.7. The predicted molar refractivity (Wildman–Crippen MR) is 100 cm³/mol. The van der Waals surface area contributed by atoms with E-state index in [1.165, 1.54) is 14.0 Å². The van der Waals surface area contributed by atoms with E-state index in [2.05, 4.69) is 10.6 Å². The second-order valence-corrected chi connectivity index (χ2v) is 6.39. The molecule has 0 aromatic heterocycles. The number of amides is 2. The summed E-state index contributed by atoms with van der Waals surface area (Å²) >= 11 is 0. The van der Waals surface area contributed by atoms with E-state index in [1.807, 2.05) is 0 Å². The number of nitrogens with one attached hydrogen (secondary N) is 2. The Morgan fingerprint density at radius 1 is 0.903 bits per heavy atom. The first-order valence-corrected chi connectivity index (χ1v) is 9.45. The van der Waals surface area contributed by atoms with Gasteiger partial charge in [-0.15, -0.1) is 0 Å². The average Bonchev–Trinajstić information content (AvgIpc) is 2.67. The zero-order valence-corrected chi connectivity index (χ0v) is 18.0. The molecule has 1 saturated heterocycles. The van der Waals surface area contributed by atoms with Crippen molar-refractivity contribution in [2.75, 3.05) is 26.9 Å². The molecule has 1 aliphatic rings. The molecule has 0 aromatic carbocycles. The van der Waals surface area contributed by atoms with Crippen LogP contribution in [0.25, 0.3) is 0 Å². The molecular formula is C18H28N2O11. The number of rotatable bonds is 9. The molecule has 0 spiro atoms. The summed E-state index contributed by atoms with van der Waals surface area (Å²) in [6.45, 7) is 4.46. The number of carbonyl (C=O) groups is 5. The highest BCUT2D eigenvalue weighted by molar-refractivity contribution is 5.81. The molecule has 0 aromatic rings. The molecule has 13 nitrogen and oxygen atoms in total. The highest BCUT2D eigenvalue weighted by Gasteiger charge is 2.51. The maximum absolute atomic E-state index is 12.3. The van der Waals surface area contributed by atoms with Crippen LogP contribution in [0.5, 0.6) is 0 Å². The van der Waals surface area contributed by atoms with Crippen LogP contribution in [0, 0.1) is 0 Å². The summed E-state index contributed by atoms with van der Waals surface area (Å²) in [6.07, 6.45) is -4.72. The fraction of sp³-hybridized carbons (Fsp3) is 0.722. The lowest BCUT2D eigenvalue weighted by atomic mass is 9.96. The standard InChI is InChI=1S/C18H28N2O11/c1-6-27-13(24)7-19-18(25)20-14-16(30-11(4)23)15(29-10(3)22)12(8-28-9(2)21)31-17(14)26-5/h12,14-17H,6-8H2,1-5H3,(H2,19,20,25)/t12-,14-,15-,16-,17-/m1/s1. The number of urea groups is 1. The van der Waals surface area contributed by atoms with Crippen LogP contribution >= 0.6 is 0 Å². The van der Waals surface area contributed by atoms with E-state index >= 15 is 0 Å². The Bertz CT molecular complexity index is 669. The Morgan fingerprint density at radius 3 is 2.03 bits per heavy atom. The molecule has 1 rings (SSSR count). The molecule has 1 fully saturated rings. The second-order valence-electron chi connectivity index (χ2n) is 6.39. The minimum Gasteiger partial charge on any atom is -0.465 e. The molecule has 13 heteroatoms. The van der Waals surface area contributed by atoms with E-state index in [-0.39, 0.29) is 13.2 Å². The summed E-state index contributed by atoms with van der Waals surface area (Å²) < 4.78 is 31.1. The molecule has 0 radical (unpaired) electrons. The van der Waals surface area contributed by atoms with Gasteiger partial charge in [0, 0.05) is 27.9 Å². The van der Waals surface area contributed by atoms with E-state index in [0.29, 0.717) is 0 Å². The first-order chi connectivity index (χ1) is 14.6. The summed E-state index contributed by atoms with van der Waals surface area (Å²) in [7, 11) is 1.27.